The van der Waals surface area contributed by atoms with Crippen LogP contribution in [0.25, 0.3) is 0 Å². The number of hydrogen-bond donors (Lipinski definition) is 1. The maximum atomic E-state index is 11.5. The molecule has 1 rings (SSSR count). The Hall–Kier alpha value is -2.04. The van der Waals surface area contributed by atoms with Crippen LogP contribution in [0.1, 0.15) is 37.0 Å². The van der Waals surface area contributed by atoms with Gasteiger partial charge in [-0.15, -0.1) is 0 Å². The number of rotatable bonds is 8. The molecule has 20 heavy (non-hydrogen) atoms. The summed E-state index contributed by atoms with van der Waals surface area (Å²) in [7, 11) is 0. The number of unbranched alkanes of at least 4 members (excludes halogenated alkanes) is 1. The highest BCUT2D eigenvalue weighted by molar-refractivity contribution is 5.89. The summed E-state index contributed by atoms with van der Waals surface area (Å²) < 4.78 is 4.91. The molecule has 0 aliphatic heterocycles. The van der Waals surface area contributed by atoms with Gasteiger partial charge in [0.1, 0.15) is 6.54 Å². The summed E-state index contributed by atoms with van der Waals surface area (Å²) >= 11 is 0. The highest BCUT2D eigenvalue weighted by atomic mass is 16.5. The molecular formula is C15H21NO4. The van der Waals surface area contributed by atoms with Crippen LogP contribution >= 0.6 is 0 Å². The molecule has 0 amide bonds. The molecule has 0 radical (unpaired) electrons. The highest BCUT2D eigenvalue weighted by Gasteiger charge is 2.12. The molecule has 0 bridgehead atoms. The third-order valence-corrected chi connectivity index (χ3v) is 2.85. The van der Waals surface area contributed by atoms with Gasteiger partial charge in [0.25, 0.3) is 0 Å². The molecule has 0 aromatic heterocycles. The molecule has 0 fully saturated rings. The predicted molar refractivity (Wildman–Crippen MR) is 77.2 cm³/mol. The molecule has 1 N–H and O–H groups in total. The third kappa shape index (κ3) is 4.91. The minimum absolute atomic E-state index is 0.0429. The average molecular weight is 279 g/mol. The van der Waals surface area contributed by atoms with Crippen molar-refractivity contribution < 1.29 is 19.4 Å². The molecule has 110 valence electrons. The summed E-state index contributed by atoms with van der Waals surface area (Å²) in [5.74, 6) is -1.23. The van der Waals surface area contributed by atoms with Crippen LogP contribution in [0.2, 0.25) is 0 Å². The van der Waals surface area contributed by atoms with Gasteiger partial charge in [0, 0.05) is 12.2 Å². The second-order valence-corrected chi connectivity index (χ2v) is 4.44. The van der Waals surface area contributed by atoms with Crippen LogP contribution in [0.15, 0.2) is 24.3 Å². The first-order valence-electron chi connectivity index (χ1n) is 6.82. The van der Waals surface area contributed by atoms with Gasteiger partial charge < -0.3 is 14.7 Å². The first-order chi connectivity index (χ1) is 9.58. The number of anilines is 1. The molecule has 1 aromatic rings. The maximum absolute atomic E-state index is 11.5. The zero-order chi connectivity index (χ0) is 15.0. The monoisotopic (exact) mass is 279 g/mol. The van der Waals surface area contributed by atoms with Crippen LogP contribution in [0.5, 0.6) is 0 Å². The average Bonchev–Trinajstić information content (AvgIpc) is 2.43. The number of ether oxygens (including phenoxy) is 1. The lowest BCUT2D eigenvalue weighted by atomic mass is 10.2. The number of benzene rings is 1. The fourth-order valence-electron chi connectivity index (χ4n) is 1.83. The number of carboxylic acids is 1. The predicted octanol–water partition coefficient (Wildman–Crippen LogP) is 2.55. The lowest BCUT2D eigenvalue weighted by molar-refractivity contribution is -0.135. The van der Waals surface area contributed by atoms with E-state index < -0.39 is 5.97 Å². The summed E-state index contributed by atoms with van der Waals surface area (Å²) in [4.78, 5) is 24.2. The standard InChI is InChI=1S/C15H21NO4/c1-3-5-10-16(11-14(17)18)13-8-6-12(7-9-13)15(19)20-4-2/h6-9H,3-5,10-11H2,1-2H3,(H,17,18). The van der Waals surface area contributed by atoms with E-state index in [-0.39, 0.29) is 12.5 Å². The van der Waals surface area contributed by atoms with Gasteiger partial charge in [0.05, 0.1) is 12.2 Å². The zero-order valence-electron chi connectivity index (χ0n) is 12.0. The number of aliphatic carboxylic acids is 1. The lowest BCUT2D eigenvalue weighted by Crippen LogP contribution is -2.30. The maximum Gasteiger partial charge on any atom is 0.338 e. The van der Waals surface area contributed by atoms with E-state index in [1.165, 1.54) is 0 Å². The Bertz CT molecular complexity index is 442. The van der Waals surface area contributed by atoms with Crippen LogP contribution in [-0.4, -0.2) is 36.7 Å². The molecule has 1 aromatic carbocycles. The van der Waals surface area contributed by atoms with E-state index in [9.17, 15) is 9.59 Å². The molecule has 5 nitrogen and oxygen atoms in total. The fourth-order valence-corrected chi connectivity index (χ4v) is 1.83. The largest absolute Gasteiger partial charge is 0.480 e. The van der Waals surface area contributed by atoms with Crippen LogP contribution < -0.4 is 4.90 Å². The van der Waals surface area contributed by atoms with E-state index >= 15 is 0 Å². The van der Waals surface area contributed by atoms with Gasteiger partial charge in [-0.1, -0.05) is 13.3 Å². The van der Waals surface area contributed by atoms with E-state index in [0.29, 0.717) is 18.7 Å². The van der Waals surface area contributed by atoms with Gasteiger partial charge in [-0.2, -0.15) is 0 Å². The number of carboxylic acid groups (broad SMARTS) is 1. The van der Waals surface area contributed by atoms with E-state index in [1.807, 2.05) is 0 Å². The van der Waals surface area contributed by atoms with Crippen molar-refractivity contribution >= 4 is 17.6 Å². The minimum atomic E-state index is -0.865. The van der Waals surface area contributed by atoms with Gasteiger partial charge in [-0.25, -0.2) is 4.79 Å². The van der Waals surface area contributed by atoms with Crippen molar-refractivity contribution in [2.24, 2.45) is 0 Å². The number of carbonyl (C=O) groups excluding carboxylic acids is 1. The topological polar surface area (TPSA) is 66.8 Å². The lowest BCUT2D eigenvalue weighted by Gasteiger charge is -2.22. The Morgan fingerprint density at radius 3 is 2.35 bits per heavy atom. The molecule has 0 atom stereocenters. The summed E-state index contributed by atoms with van der Waals surface area (Å²) in [5, 5.41) is 8.94. The van der Waals surface area contributed by atoms with Crippen molar-refractivity contribution in [1.82, 2.24) is 0 Å². The Balaban J connectivity index is 2.80. The highest BCUT2D eigenvalue weighted by Crippen LogP contribution is 2.16. The van der Waals surface area contributed by atoms with Gasteiger partial charge in [-0.3, -0.25) is 4.79 Å². The fraction of sp³-hybridized carbons (Fsp3) is 0.467. The van der Waals surface area contributed by atoms with Crippen LogP contribution in [0.4, 0.5) is 5.69 Å². The SMILES string of the molecule is CCCCN(CC(=O)O)c1ccc(C(=O)OCC)cc1. The Kier molecular flexibility index (Phi) is 6.56. The van der Waals surface area contributed by atoms with E-state index in [4.69, 9.17) is 9.84 Å². The van der Waals surface area contributed by atoms with Gasteiger partial charge in [-0.05, 0) is 37.6 Å². The zero-order valence-corrected chi connectivity index (χ0v) is 12.0. The third-order valence-electron chi connectivity index (χ3n) is 2.85. The van der Waals surface area contributed by atoms with Crippen molar-refractivity contribution in [3.8, 4) is 0 Å². The number of hydrogen-bond acceptors (Lipinski definition) is 4. The molecule has 5 heteroatoms. The summed E-state index contributed by atoms with van der Waals surface area (Å²) in [5.41, 5.74) is 1.27. The van der Waals surface area contributed by atoms with Crippen LogP contribution in [0, 0.1) is 0 Å². The van der Waals surface area contributed by atoms with E-state index in [1.54, 1.807) is 36.1 Å². The van der Waals surface area contributed by atoms with Crippen molar-refractivity contribution in [2.75, 3.05) is 24.6 Å². The van der Waals surface area contributed by atoms with E-state index in [2.05, 4.69) is 6.92 Å². The van der Waals surface area contributed by atoms with Crippen molar-refractivity contribution in [2.45, 2.75) is 26.7 Å². The molecule has 0 saturated carbocycles. The summed E-state index contributed by atoms with van der Waals surface area (Å²) in [6.07, 6.45) is 1.92. The molecule has 0 aliphatic carbocycles. The first-order valence-corrected chi connectivity index (χ1v) is 6.82. The Morgan fingerprint density at radius 1 is 1.20 bits per heavy atom. The van der Waals surface area contributed by atoms with Crippen molar-refractivity contribution in [3.05, 3.63) is 29.8 Å². The first kappa shape index (κ1) is 16.0. The molecule has 0 spiro atoms. The van der Waals surface area contributed by atoms with Crippen LogP contribution in [-0.2, 0) is 9.53 Å². The molecule has 0 unspecified atom stereocenters. The van der Waals surface area contributed by atoms with E-state index in [0.717, 1.165) is 18.5 Å². The molecule has 0 heterocycles. The number of carbonyl (C=O) groups is 2. The molecule has 0 saturated heterocycles. The minimum Gasteiger partial charge on any atom is -0.480 e. The van der Waals surface area contributed by atoms with Gasteiger partial charge in [0.2, 0.25) is 0 Å². The van der Waals surface area contributed by atoms with Crippen LogP contribution in [0.3, 0.4) is 0 Å². The molecular weight excluding hydrogens is 258 g/mol. The van der Waals surface area contributed by atoms with Crippen molar-refractivity contribution in [3.63, 3.8) is 0 Å². The second-order valence-electron chi connectivity index (χ2n) is 4.44. The quantitative estimate of drug-likeness (QED) is 0.741. The second kappa shape index (κ2) is 8.19. The van der Waals surface area contributed by atoms with Gasteiger partial charge >= 0.3 is 11.9 Å². The summed E-state index contributed by atoms with van der Waals surface area (Å²) in [6.45, 7) is 4.79. The smallest absolute Gasteiger partial charge is 0.338 e. The number of nitrogens with zero attached hydrogens (tertiary/aromatic N) is 1. The van der Waals surface area contributed by atoms with Crippen molar-refractivity contribution in [1.29, 1.82) is 0 Å². The Morgan fingerprint density at radius 2 is 1.85 bits per heavy atom. The Labute approximate surface area is 119 Å². The summed E-state index contributed by atoms with van der Waals surface area (Å²) in [6, 6.07) is 6.83. The number of esters is 1. The normalized spacial score (nSPS) is 10.1. The molecule has 0 aliphatic rings. The van der Waals surface area contributed by atoms with Gasteiger partial charge in [0.15, 0.2) is 0 Å².